The number of aromatic nitrogens is 3. The SMILES string of the molecule is Cc1c(NC(CC2CCN(C(=O)OC(C)(C)C)CC2)c2cccnc2)cnn1C. The maximum atomic E-state index is 12.3. The normalized spacial score (nSPS) is 16.5. The summed E-state index contributed by atoms with van der Waals surface area (Å²) in [6.07, 6.45) is 8.34. The van der Waals surface area contributed by atoms with Crippen molar-refractivity contribution in [1.82, 2.24) is 19.7 Å². The Kier molecular flexibility index (Phi) is 6.45. The van der Waals surface area contributed by atoms with Gasteiger partial charge in [-0.1, -0.05) is 6.07 Å². The van der Waals surface area contributed by atoms with Crippen LogP contribution in [0.3, 0.4) is 0 Å². The molecule has 0 aliphatic carbocycles. The summed E-state index contributed by atoms with van der Waals surface area (Å²) in [6.45, 7) is 9.26. The highest BCUT2D eigenvalue weighted by Crippen LogP contribution is 2.32. The lowest BCUT2D eigenvalue weighted by Gasteiger charge is -2.35. The Morgan fingerprint density at radius 1 is 1.31 bits per heavy atom. The molecule has 1 atom stereocenters. The van der Waals surface area contributed by atoms with Gasteiger partial charge in [0.15, 0.2) is 0 Å². The van der Waals surface area contributed by atoms with E-state index in [4.69, 9.17) is 4.74 Å². The molecule has 0 aromatic carbocycles. The molecule has 3 heterocycles. The van der Waals surface area contributed by atoms with E-state index < -0.39 is 5.60 Å². The monoisotopic (exact) mass is 399 g/mol. The number of piperidine rings is 1. The van der Waals surface area contributed by atoms with E-state index in [0.29, 0.717) is 5.92 Å². The Bertz CT molecular complexity index is 804. The molecule has 1 saturated heterocycles. The molecule has 1 fully saturated rings. The summed E-state index contributed by atoms with van der Waals surface area (Å²) in [5.41, 5.74) is 2.88. The standard InChI is InChI=1S/C22H33N5O2/c1-16-20(15-24-26(16)5)25-19(18-7-6-10-23-14-18)13-17-8-11-27(12-9-17)21(28)29-22(2,3)4/h6-7,10,14-15,17,19,25H,8-9,11-13H2,1-5H3. The number of hydrogen-bond acceptors (Lipinski definition) is 5. The fraction of sp³-hybridized carbons (Fsp3) is 0.591. The largest absolute Gasteiger partial charge is 0.444 e. The molecule has 7 nitrogen and oxygen atoms in total. The van der Waals surface area contributed by atoms with E-state index in [-0.39, 0.29) is 12.1 Å². The topological polar surface area (TPSA) is 72.3 Å². The summed E-state index contributed by atoms with van der Waals surface area (Å²) in [5, 5.41) is 8.02. The lowest BCUT2D eigenvalue weighted by Crippen LogP contribution is -2.42. The molecular weight excluding hydrogens is 366 g/mol. The Morgan fingerprint density at radius 2 is 2.03 bits per heavy atom. The van der Waals surface area contributed by atoms with Crippen molar-refractivity contribution in [3.63, 3.8) is 0 Å². The quantitative estimate of drug-likeness (QED) is 0.811. The molecule has 1 aliphatic rings. The number of ether oxygens (including phenoxy) is 1. The van der Waals surface area contributed by atoms with Crippen LogP contribution in [0.2, 0.25) is 0 Å². The van der Waals surface area contributed by atoms with E-state index >= 15 is 0 Å². The number of anilines is 1. The zero-order valence-corrected chi connectivity index (χ0v) is 18.2. The molecule has 1 unspecified atom stereocenters. The molecule has 2 aromatic rings. The third-order valence-corrected chi connectivity index (χ3v) is 5.49. The van der Waals surface area contributed by atoms with Crippen molar-refractivity contribution in [3.8, 4) is 0 Å². The first kappa shape index (κ1) is 21.1. The molecule has 0 spiro atoms. The first-order valence-corrected chi connectivity index (χ1v) is 10.4. The van der Waals surface area contributed by atoms with Crippen molar-refractivity contribution in [3.05, 3.63) is 42.0 Å². The predicted molar refractivity (Wildman–Crippen MR) is 114 cm³/mol. The maximum absolute atomic E-state index is 12.3. The smallest absolute Gasteiger partial charge is 0.410 e. The number of hydrogen-bond donors (Lipinski definition) is 1. The first-order chi connectivity index (χ1) is 13.7. The summed E-state index contributed by atoms with van der Waals surface area (Å²) in [6, 6.07) is 4.25. The van der Waals surface area contributed by atoms with E-state index in [1.165, 1.54) is 5.56 Å². The van der Waals surface area contributed by atoms with E-state index in [1.807, 2.05) is 55.9 Å². The van der Waals surface area contributed by atoms with Gasteiger partial charge in [0.1, 0.15) is 5.60 Å². The van der Waals surface area contributed by atoms with Gasteiger partial charge in [0, 0.05) is 32.5 Å². The molecule has 1 N–H and O–H groups in total. The van der Waals surface area contributed by atoms with Crippen LogP contribution in [-0.2, 0) is 11.8 Å². The van der Waals surface area contributed by atoms with Crippen molar-refractivity contribution < 1.29 is 9.53 Å². The molecule has 7 heteroatoms. The molecule has 1 amide bonds. The van der Waals surface area contributed by atoms with Crippen LogP contribution in [0.4, 0.5) is 10.5 Å². The van der Waals surface area contributed by atoms with Crippen LogP contribution in [0, 0.1) is 12.8 Å². The summed E-state index contributed by atoms with van der Waals surface area (Å²) in [7, 11) is 1.95. The van der Waals surface area contributed by atoms with Gasteiger partial charge in [-0.05, 0) is 64.5 Å². The number of pyridine rings is 1. The fourth-order valence-corrected chi connectivity index (χ4v) is 3.70. The summed E-state index contributed by atoms with van der Waals surface area (Å²) in [5.74, 6) is 0.531. The number of nitrogens with zero attached hydrogens (tertiary/aromatic N) is 4. The van der Waals surface area contributed by atoms with Gasteiger partial charge in [-0.3, -0.25) is 9.67 Å². The highest BCUT2D eigenvalue weighted by atomic mass is 16.6. The lowest BCUT2D eigenvalue weighted by molar-refractivity contribution is 0.0179. The van der Waals surface area contributed by atoms with E-state index in [0.717, 1.165) is 43.7 Å². The van der Waals surface area contributed by atoms with Crippen LogP contribution < -0.4 is 5.32 Å². The number of carbonyl (C=O) groups excluding carboxylic acids is 1. The zero-order valence-electron chi connectivity index (χ0n) is 18.2. The predicted octanol–water partition coefficient (Wildman–Crippen LogP) is 4.31. The van der Waals surface area contributed by atoms with Crippen LogP contribution >= 0.6 is 0 Å². The van der Waals surface area contributed by atoms with Crippen LogP contribution in [0.25, 0.3) is 0 Å². The van der Waals surface area contributed by atoms with Crippen LogP contribution in [0.5, 0.6) is 0 Å². The van der Waals surface area contributed by atoms with Crippen molar-refractivity contribution in [2.75, 3.05) is 18.4 Å². The molecule has 158 valence electrons. The summed E-state index contributed by atoms with van der Waals surface area (Å²) < 4.78 is 7.39. The lowest BCUT2D eigenvalue weighted by atomic mass is 9.88. The molecule has 1 aliphatic heterocycles. The van der Waals surface area contributed by atoms with Gasteiger partial charge < -0.3 is 15.0 Å². The minimum absolute atomic E-state index is 0.157. The molecule has 0 saturated carbocycles. The molecule has 3 rings (SSSR count). The number of nitrogens with one attached hydrogen (secondary N) is 1. The molecule has 0 radical (unpaired) electrons. The van der Waals surface area contributed by atoms with Gasteiger partial charge >= 0.3 is 6.09 Å². The van der Waals surface area contributed by atoms with Gasteiger partial charge in [-0.2, -0.15) is 5.10 Å². The van der Waals surface area contributed by atoms with Crippen molar-refractivity contribution in [1.29, 1.82) is 0 Å². The summed E-state index contributed by atoms with van der Waals surface area (Å²) in [4.78, 5) is 18.5. The van der Waals surface area contributed by atoms with Gasteiger partial charge in [0.2, 0.25) is 0 Å². The Morgan fingerprint density at radius 3 is 2.59 bits per heavy atom. The van der Waals surface area contributed by atoms with E-state index in [1.54, 1.807) is 6.20 Å². The highest BCUT2D eigenvalue weighted by Gasteiger charge is 2.28. The second-order valence-corrected chi connectivity index (χ2v) is 8.90. The fourth-order valence-electron chi connectivity index (χ4n) is 3.70. The van der Waals surface area contributed by atoms with Crippen molar-refractivity contribution >= 4 is 11.8 Å². The Labute approximate surface area is 173 Å². The molecular formula is C22H33N5O2. The second kappa shape index (κ2) is 8.84. The number of aryl methyl sites for hydroxylation is 1. The average Bonchev–Trinajstić information content (AvgIpc) is 2.99. The van der Waals surface area contributed by atoms with Crippen LogP contribution in [-0.4, -0.2) is 44.4 Å². The average molecular weight is 400 g/mol. The third-order valence-electron chi connectivity index (χ3n) is 5.49. The van der Waals surface area contributed by atoms with Gasteiger partial charge in [0.05, 0.1) is 23.6 Å². The molecule has 2 aromatic heterocycles. The minimum atomic E-state index is -0.454. The van der Waals surface area contributed by atoms with Crippen LogP contribution in [0.15, 0.2) is 30.7 Å². The van der Waals surface area contributed by atoms with E-state index in [2.05, 4.69) is 28.4 Å². The number of rotatable bonds is 5. The molecule has 0 bridgehead atoms. The Hall–Kier alpha value is -2.57. The van der Waals surface area contributed by atoms with Crippen molar-refractivity contribution in [2.24, 2.45) is 13.0 Å². The molecule has 29 heavy (non-hydrogen) atoms. The second-order valence-electron chi connectivity index (χ2n) is 8.90. The maximum Gasteiger partial charge on any atom is 0.410 e. The van der Waals surface area contributed by atoms with Gasteiger partial charge in [-0.15, -0.1) is 0 Å². The number of carbonyl (C=O) groups is 1. The number of amides is 1. The van der Waals surface area contributed by atoms with E-state index in [9.17, 15) is 4.79 Å². The van der Waals surface area contributed by atoms with Gasteiger partial charge in [-0.25, -0.2) is 4.79 Å². The minimum Gasteiger partial charge on any atom is -0.444 e. The first-order valence-electron chi connectivity index (χ1n) is 10.4. The Balaban J connectivity index is 1.63. The number of likely N-dealkylation sites (tertiary alicyclic amines) is 1. The zero-order chi connectivity index (χ0) is 21.0. The van der Waals surface area contributed by atoms with Gasteiger partial charge in [0.25, 0.3) is 0 Å². The van der Waals surface area contributed by atoms with Crippen LogP contribution in [0.1, 0.15) is 57.3 Å². The third kappa shape index (κ3) is 5.71. The van der Waals surface area contributed by atoms with Crippen molar-refractivity contribution in [2.45, 2.75) is 58.6 Å². The summed E-state index contributed by atoms with van der Waals surface area (Å²) >= 11 is 0. The highest BCUT2D eigenvalue weighted by molar-refractivity contribution is 5.68.